The Hall–Kier alpha value is -3.00. The van der Waals surface area contributed by atoms with Crippen molar-refractivity contribution >= 4 is 28.2 Å². The molecule has 0 spiro atoms. The van der Waals surface area contributed by atoms with Crippen LogP contribution < -0.4 is 15.4 Å². The third-order valence-electron chi connectivity index (χ3n) is 4.22. The highest BCUT2D eigenvalue weighted by Gasteiger charge is 2.13. The van der Waals surface area contributed by atoms with Crippen LogP contribution in [-0.2, 0) is 6.61 Å². The monoisotopic (exact) mass is 400 g/mol. The van der Waals surface area contributed by atoms with Crippen LogP contribution in [0.4, 0.5) is 20.0 Å². The highest BCUT2D eigenvalue weighted by atomic mass is 32.1. The van der Waals surface area contributed by atoms with Crippen molar-refractivity contribution in [1.29, 1.82) is 0 Å². The normalized spacial score (nSPS) is 11.7. The van der Waals surface area contributed by atoms with E-state index in [9.17, 15) is 9.18 Å². The van der Waals surface area contributed by atoms with Crippen LogP contribution in [0.2, 0.25) is 0 Å². The molecule has 1 atom stereocenters. The highest BCUT2D eigenvalue weighted by Crippen LogP contribution is 2.29. The predicted octanol–water partition coefficient (Wildman–Crippen LogP) is 5.41. The molecule has 0 aliphatic heterocycles. The van der Waals surface area contributed by atoms with Crippen molar-refractivity contribution in [3.63, 3.8) is 0 Å². The van der Waals surface area contributed by atoms with Gasteiger partial charge in [-0.2, -0.15) is 0 Å². The summed E-state index contributed by atoms with van der Waals surface area (Å²) in [6, 6.07) is 13.3. The number of benzene rings is 2. The van der Waals surface area contributed by atoms with E-state index in [-0.39, 0.29) is 12.3 Å². The fourth-order valence-electron chi connectivity index (χ4n) is 2.55. The lowest BCUT2D eigenvalue weighted by molar-refractivity contribution is 0.262. The van der Waals surface area contributed by atoms with E-state index >= 15 is 0 Å². The second-order valence-electron chi connectivity index (χ2n) is 6.20. The third-order valence-corrected chi connectivity index (χ3v) is 5.04. The molecule has 3 aromatic rings. The number of rotatable bonds is 7. The zero-order chi connectivity index (χ0) is 19.9. The molecule has 3 rings (SSSR count). The molecular formula is C20H21FN4O2S. The van der Waals surface area contributed by atoms with Gasteiger partial charge in [0.1, 0.15) is 18.2 Å². The number of halogens is 1. The first-order chi connectivity index (χ1) is 13.6. The van der Waals surface area contributed by atoms with Crippen molar-refractivity contribution in [2.24, 2.45) is 0 Å². The zero-order valence-electron chi connectivity index (χ0n) is 15.6. The minimum absolute atomic E-state index is 0.0923. The molecule has 0 fully saturated rings. The Morgan fingerprint density at radius 1 is 1.14 bits per heavy atom. The number of ether oxygens (including phenoxy) is 1. The maximum atomic E-state index is 13.6. The Labute approximate surface area is 166 Å². The lowest BCUT2D eigenvalue weighted by Crippen LogP contribution is -2.19. The third kappa shape index (κ3) is 5.04. The summed E-state index contributed by atoms with van der Waals surface area (Å²) in [7, 11) is 0. The van der Waals surface area contributed by atoms with Crippen molar-refractivity contribution < 1.29 is 13.9 Å². The van der Waals surface area contributed by atoms with Crippen molar-refractivity contribution in [3.8, 4) is 5.75 Å². The predicted molar refractivity (Wildman–Crippen MR) is 108 cm³/mol. The molecule has 0 radical (unpaired) electrons. The van der Waals surface area contributed by atoms with Gasteiger partial charge in [-0.15, -0.1) is 10.2 Å². The number of aromatic nitrogens is 2. The van der Waals surface area contributed by atoms with Gasteiger partial charge in [-0.05, 0) is 36.1 Å². The fraction of sp³-hybridized carbons (Fsp3) is 0.250. The number of para-hydroxylation sites is 2. The molecular weight excluding hydrogens is 379 g/mol. The first-order valence-electron chi connectivity index (χ1n) is 8.93. The average Bonchev–Trinajstić information content (AvgIpc) is 3.15. The van der Waals surface area contributed by atoms with Crippen molar-refractivity contribution in [3.05, 3.63) is 64.9 Å². The molecule has 2 amide bonds. The Balaban J connectivity index is 1.58. The first kappa shape index (κ1) is 19.8. The lowest BCUT2D eigenvalue weighted by atomic mass is 9.98. The van der Waals surface area contributed by atoms with Crippen molar-refractivity contribution in [2.45, 2.75) is 32.8 Å². The van der Waals surface area contributed by atoms with Crippen LogP contribution in [0.15, 0.2) is 48.5 Å². The molecule has 6 nitrogen and oxygen atoms in total. The summed E-state index contributed by atoms with van der Waals surface area (Å²) in [6.07, 6.45) is 1.02. The number of amides is 2. The second-order valence-corrected chi connectivity index (χ2v) is 7.26. The van der Waals surface area contributed by atoms with Gasteiger partial charge in [0.05, 0.1) is 5.69 Å². The van der Waals surface area contributed by atoms with Gasteiger partial charge in [-0.25, -0.2) is 9.18 Å². The number of anilines is 2. The molecule has 2 N–H and O–H groups in total. The van der Waals surface area contributed by atoms with Crippen LogP contribution >= 0.6 is 11.3 Å². The highest BCUT2D eigenvalue weighted by molar-refractivity contribution is 7.15. The van der Waals surface area contributed by atoms with Crippen LogP contribution in [-0.4, -0.2) is 16.2 Å². The van der Waals surface area contributed by atoms with E-state index in [1.165, 1.54) is 23.5 Å². The summed E-state index contributed by atoms with van der Waals surface area (Å²) < 4.78 is 19.5. The number of hydrogen-bond donors (Lipinski definition) is 2. The quantitative estimate of drug-likeness (QED) is 0.556. The van der Waals surface area contributed by atoms with E-state index in [4.69, 9.17) is 4.74 Å². The van der Waals surface area contributed by atoms with Gasteiger partial charge in [0, 0.05) is 0 Å². The summed E-state index contributed by atoms with van der Waals surface area (Å²) in [4.78, 5) is 12.0. The fourth-order valence-corrected chi connectivity index (χ4v) is 3.20. The van der Waals surface area contributed by atoms with Gasteiger partial charge in [0.2, 0.25) is 5.13 Å². The Bertz CT molecular complexity index is 947. The number of carbonyl (C=O) groups excluding carboxylic acids is 1. The molecule has 2 aromatic carbocycles. The SMILES string of the molecule is CCC(C)c1ccccc1OCc1nnc(NC(=O)Nc2ccccc2F)s1. The Morgan fingerprint density at radius 3 is 2.68 bits per heavy atom. The smallest absolute Gasteiger partial charge is 0.325 e. The Morgan fingerprint density at radius 2 is 1.89 bits per heavy atom. The zero-order valence-corrected chi connectivity index (χ0v) is 16.4. The van der Waals surface area contributed by atoms with Gasteiger partial charge >= 0.3 is 6.03 Å². The minimum atomic E-state index is -0.587. The van der Waals surface area contributed by atoms with Crippen LogP contribution in [0.1, 0.15) is 36.8 Å². The van der Waals surface area contributed by atoms with E-state index in [1.54, 1.807) is 12.1 Å². The number of carbonyl (C=O) groups is 1. The number of urea groups is 1. The number of hydrogen-bond acceptors (Lipinski definition) is 5. The molecule has 146 valence electrons. The van der Waals surface area contributed by atoms with Crippen molar-refractivity contribution in [1.82, 2.24) is 10.2 Å². The van der Waals surface area contributed by atoms with Crippen LogP contribution in [0.5, 0.6) is 5.75 Å². The summed E-state index contributed by atoms with van der Waals surface area (Å²) in [5, 5.41) is 13.9. The molecule has 0 saturated heterocycles. The van der Waals surface area contributed by atoms with E-state index in [0.29, 0.717) is 16.1 Å². The van der Waals surface area contributed by atoms with Gasteiger partial charge < -0.3 is 10.1 Å². The van der Waals surface area contributed by atoms with E-state index in [0.717, 1.165) is 17.7 Å². The largest absolute Gasteiger partial charge is 0.486 e. The minimum Gasteiger partial charge on any atom is -0.486 e. The first-order valence-corrected chi connectivity index (χ1v) is 9.75. The standard InChI is InChI=1S/C20H21FN4O2S/c1-3-13(2)14-8-4-7-11-17(14)27-12-18-24-25-20(28-18)23-19(26)22-16-10-6-5-9-15(16)21/h4-11,13H,3,12H2,1-2H3,(H2,22,23,25,26). The summed E-state index contributed by atoms with van der Waals surface area (Å²) in [5.74, 6) is 0.702. The second kappa shape index (κ2) is 9.27. The summed E-state index contributed by atoms with van der Waals surface area (Å²) >= 11 is 1.20. The summed E-state index contributed by atoms with van der Waals surface area (Å²) in [5.41, 5.74) is 1.24. The van der Waals surface area contributed by atoms with E-state index in [1.807, 2.05) is 18.2 Å². The molecule has 1 unspecified atom stereocenters. The van der Waals surface area contributed by atoms with Gasteiger partial charge in [-0.3, -0.25) is 5.32 Å². The van der Waals surface area contributed by atoms with Crippen LogP contribution in [0.25, 0.3) is 0 Å². The maximum Gasteiger partial charge on any atom is 0.325 e. The van der Waals surface area contributed by atoms with E-state index < -0.39 is 11.8 Å². The molecule has 28 heavy (non-hydrogen) atoms. The molecule has 0 bridgehead atoms. The number of nitrogens with one attached hydrogen (secondary N) is 2. The summed E-state index contributed by atoms with van der Waals surface area (Å²) in [6.45, 7) is 4.54. The molecule has 1 aromatic heterocycles. The topological polar surface area (TPSA) is 76.1 Å². The lowest BCUT2D eigenvalue weighted by Gasteiger charge is -2.14. The van der Waals surface area contributed by atoms with E-state index in [2.05, 4.69) is 40.7 Å². The Kier molecular flexibility index (Phi) is 6.54. The molecule has 0 aliphatic rings. The molecule has 0 aliphatic carbocycles. The van der Waals surface area contributed by atoms with Crippen molar-refractivity contribution in [2.75, 3.05) is 10.6 Å². The van der Waals surface area contributed by atoms with Crippen LogP contribution in [0, 0.1) is 5.82 Å². The van der Waals surface area contributed by atoms with Gasteiger partial charge in [0.25, 0.3) is 0 Å². The van der Waals surface area contributed by atoms with Crippen LogP contribution in [0.3, 0.4) is 0 Å². The molecule has 0 saturated carbocycles. The average molecular weight is 400 g/mol. The van der Waals surface area contributed by atoms with Gasteiger partial charge in [-0.1, -0.05) is 55.5 Å². The number of nitrogens with zero attached hydrogens (tertiary/aromatic N) is 2. The van der Waals surface area contributed by atoms with Gasteiger partial charge in [0.15, 0.2) is 5.01 Å². The molecule has 8 heteroatoms. The molecule has 1 heterocycles. The maximum absolute atomic E-state index is 13.6.